The summed E-state index contributed by atoms with van der Waals surface area (Å²) in [5.41, 5.74) is 3.70. The lowest BCUT2D eigenvalue weighted by atomic mass is 9.93. The van der Waals surface area contributed by atoms with Crippen molar-refractivity contribution < 1.29 is 19.1 Å². The molecule has 1 N–H and O–H groups in total. The SMILES string of the molecule is COc1ccc2c(c1)[C@@H](C)N(C(=O)Nc1cccc(N3CCOC3=O)c1)CC2. The molecule has 0 spiro atoms. The number of urea groups is 1. The van der Waals surface area contributed by atoms with Crippen LogP contribution >= 0.6 is 0 Å². The van der Waals surface area contributed by atoms with E-state index in [-0.39, 0.29) is 18.2 Å². The Labute approximate surface area is 163 Å². The molecule has 2 aromatic carbocycles. The van der Waals surface area contributed by atoms with Crippen molar-refractivity contribution in [3.63, 3.8) is 0 Å². The second kappa shape index (κ2) is 7.42. The second-order valence-electron chi connectivity index (χ2n) is 6.93. The van der Waals surface area contributed by atoms with Crippen molar-refractivity contribution in [3.8, 4) is 5.75 Å². The summed E-state index contributed by atoms with van der Waals surface area (Å²) >= 11 is 0. The first-order valence-corrected chi connectivity index (χ1v) is 9.35. The summed E-state index contributed by atoms with van der Waals surface area (Å²) in [6.07, 6.45) is 0.440. The molecule has 1 saturated heterocycles. The molecule has 0 saturated carbocycles. The van der Waals surface area contributed by atoms with Gasteiger partial charge < -0.3 is 19.7 Å². The molecule has 1 atom stereocenters. The Morgan fingerprint density at radius 1 is 1.21 bits per heavy atom. The number of benzene rings is 2. The number of hydrogen-bond acceptors (Lipinski definition) is 4. The van der Waals surface area contributed by atoms with Gasteiger partial charge in [-0.25, -0.2) is 9.59 Å². The van der Waals surface area contributed by atoms with Crippen molar-refractivity contribution in [3.05, 3.63) is 53.6 Å². The van der Waals surface area contributed by atoms with Gasteiger partial charge in [0.2, 0.25) is 0 Å². The summed E-state index contributed by atoms with van der Waals surface area (Å²) in [5, 5.41) is 2.96. The van der Waals surface area contributed by atoms with Crippen LogP contribution in [0.3, 0.4) is 0 Å². The first-order chi connectivity index (χ1) is 13.6. The highest BCUT2D eigenvalue weighted by Gasteiger charge is 2.28. The summed E-state index contributed by atoms with van der Waals surface area (Å²) < 4.78 is 10.3. The van der Waals surface area contributed by atoms with Crippen molar-refractivity contribution in [2.24, 2.45) is 0 Å². The summed E-state index contributed by atoms with van der Waals surface area (Å²) in [4.78, 5) is 28.1. The molecule has 0 aliphatic carbocycles. The van der Waals surface area contributed by atoms with Crippen LogP contribution < -0.4 is 15.0 Å². The lowest BCUT2D eigenvalue weighted by Crippen LogP contribution is -2.41. The number of amides is 3. The molecule has 0 aromatic heterocycles. The van der Waals surface area contributed by atoms with Gasteiger partial charge in [-0.2, -0.15) is 0 Å². The molecule has 4 rings (SSSR count). The van der Waals surface area contributed by atoms with Crippen LogP contribution in [0.25, 0.3) is 0 Å². The smallest absolute Gasteiger partial charge is 0.414 e. The van der Waals surface area contributed by atoms with Crippen LogP contribution in [0.4, 0.5) is 21.0 Å². The fraction of sp³-hybridized carbons (Fsp3) is 0.333. The van der Waals surface area contributed by atoms with Gasteiger partial charge >= 0.3 is 12.1 Å². The molecule has 0 bridgehead atoms. The summed E-state index contributed by atoms with van der Waals surface area (Å²) in [6.45, 7) is 3.56. The first kappa shape index (κ1) is 18.2. The molecule has 146 valence electrons. The predicted octanol–water partition coefficient (Wildman–Crippen LogP) is 3.80. The minimum Gasteiger partial charge on any atom is -0.497 e. The summed E-state index contributed by atoms with van der Waals surface area (Å²) in [6, 6.07) is 13.0. The van der Waals surface area contributed by atoms with E-state index in [1.165, 1.54) is 5.56 Å². The maximum Gasteiger partial charge on any atom is 0.414 e. The van der Waals surface area contributed by atoms with Gasteiger partial charge in [-0.1, -0.05) is 12.1 Å². The van der Waals surface area contributed by atoms with Gasteiger partial charge in [-0.05, 0) is 54.8 Å². The molecule has 7 heteroatoms. The maximum absolute atomic E-state index is 12.9. The zero-order valence-corrected chi connectivity index (χ0v) is 16.0. The Kier molecular flexibility index (Phi) is 4.81. The Morgan fingerprint density at radius 2 is 2.07 bits per heavy atom. The van der Waals surface area contributed by atoms with Crippen molar-refractivity contribution >= 4 is 23.5 Å². The fourth-order valence-corrected chi connectivity index (χ4v) is 3.77. The zero-order chi connectivity index (χ0) is 19.7. The van der Waals surface area contributed by atoms with E-state index in [9.17, 15) is 9.59 Å². The third-order valence-electron chi connectivity index (χ3n) is 5.32. The molecule has 1 fully saturated rings. The average Bonchev–Trinajstić information content (AvgIpc) is 3.14. The van der Waals surface area contributed by atoms with Gasteiger partial charge in [0.15, 0.2) is 0 Å². The van der Waals surface area contributed by atoms with E-state index in [2.05, 4.69) is 11.4 Å². The van der Waals surface area contributed by atoms with E-state index < -0.39 is 0 Å². The molecule has 2 aliphatic heterocycles. The number of ether oxygens (including phenoxy) is 2. The number of hydrogen-bond donors (Lipinski definition) is 1. The van der Waals surface area contributed by atoms with E-state index in [1.54, 1.807) is 18.1 Å². The molecular weight excluding hydrogens is 358 g/mol. The minimum absolute atomic E-state index is 0.0596. The van der Waals surface area contributed by atoms with Crippen LogP contribution in [-0.4, -0.2) is 43.8 Å². The largest absolute Gasteiger partial charge is 0.497 e. The maximum atomic E-state index is 12.9. The van der Waals surface area contributed by atoms with E-state index in [0.717, 1.165) is 17.7 Å². The monoisotopic (exact) mass is 381 g/mol. The minimum atomic E-state index is -0.362. The molecule has 0 radical (unpaired) electrons. The van der Waals surface area contributed by atoms with Gasteiger partial charge in [0, 0.05) is 17.9 Å². The third kappa shape index (κ3) is 3.35. The van der Waals surface area contributed by atoms with Crippen molar-refractivity contribution in [1.82, 2.24) is 4.90 Å². The van der Waals surface area contributed by atoms with Crippen molar-refractivity contribution in [2.45, 2.75) is 19.4 Å². The van der Waals surface area contributed by atoms with Crippen molar-refractivity contribution in [2.75, 3.05) is 37.0 Å². The number of nitrogens with one attached hydrogen (secondary N) is 1. The standard InChI is InChI=1S/C21H23N3O4/c1-14-19-13-18(27-2)7-6-15(19)8-9-23(14)20(25)22-16-4-3-5-17(12-16)24-10-11-28-21(24)26/h3-7,12-14H,8-11H2,1-2H3,(H,22,25)/t14-/m1/s1. The Morgan fingerprint density at radius 3 is 2.82 bits per heavy atom. The molecule has 2 heterocycles. The van der Waals surface area contributed by atoms with Crippen LogP contribution in [0.5, 0.6) is 5.75 Å². The second-order valence-corrected chi connectivity index (χ2v) is 6.93. The van der Waals surface area contributed by atoms with E-state index in [0.29, 0.717) is 31.1 Å². The van der Waals surface area contributed by atoms with Crippen LogP contribution in [-0.2, 0) is 11.2 Å². The number of methoxy groups -OCH3 is 1. The highest BCUT2D eigenvalue weighted by atomic mass is 16.6. The van der Waals surface area contributed by atoms with Gasteiger partial charge in [0.25, 0.3) is 0 Å². The Hall–Kier alpha value is -3.22. The van der Waals surface area contributed by atoms with Gasteiger partial charge in [-0.15, -0.1) is 0 Å². The number of carbonyl (C=O) groups excluding carboxylic acids is 2. The number of carbonyl (C=O) groups is 2. The zero-order valence-electron chi connectivity index (χ0n) is 16.0. The topological polar surface area (TPSA) is 71.1 Å². The molecular formula is C21H23N3O4. The quantitative estimate of drug-likeness (QED) is 0.878. The molecule has 2 aromatic rings. The fourth-order valence-electron chi connectivity index (χ4n) is 3.77. The molecule has 2 aliphatic rings. The lowest BCUT2D eigenvalue weighted by Gasteiger charge is -2.35. The van der Waals surface area contributed by atoms with E-state index >= 15 is 0 Å². The average molecular weight is 381 g/mol. The predicted molar refractivity (Wildman–Crippen MR) is 106 cm³/mol. The normalized spacial score (nSPS) is 18.5. The van der Waals surface area contributed by atoms with Crippen LogP contribution in [0, 0.1) is 0 Å². The molecule has 7 nitrogen and oxygen atoms in total. The van der Waals surface area contributed by atoms with E-state index in [4.69, 9.17) is 9.47 Å². The number of nitrogens with zero attached hydrogens (tertiary/aromatic N) is 2. The van der Waals surface area contributed by atoms with Gasteiger partial charge in [-0.3, -0.25) is 4.90 Å². The highest BCUT2D eigenvalue weighted by Crippen LogP contribution is 2.32. The molecule has 0 unspecified atom stereocenters. The third-order valence-corrected chi connectivity index (χ3v) is 5.32. The Balaban J connectivity index is 1.50. The summed E-state index contributed by atoms with van der Waals surface area (Å²) in [5.74, 6) is 0.790. The van der Waals surface area contributed by atoms with Crippen molar-refractivity contribution in [1.29, 1.82) is 0 Å². The van der Waals surface area contributed by atoms with Gasteiger partial charge in [0.05, 0.1) is 19.7 Å². The first-order valence-electron chi connectivity index (χ1n) is 9.35. The van der Waals surface area contributed by atoms with E-state index in [1.807, 2.05) is 42.2 Å². The molecule has 28 heavy (non-hydrogen) atoms. The molecule has 3 amide bonds. The number of cyclic esters (lactones) is 1. The van der Waals surface area contributed by atoms with Crippen LogP contribution in [0.15, 0.2) is 42.5 Å². The number of anilines is 2. The number of fused-ring (bicyclic) bond motifs is 1. The van der Waals surface area contributed by atoms with Crippen LogP contribution in [0.1, 0.15) is 24.1 Å². The summed E-state index contributed by atoms with van der Waals surface area (Å²) in [7, 11) is 1.64. The highest BCUT2D eigenvalue weighted by molar-refractivity contribution is 5.93. The van der Waals surface area contributed by atoms with Gasteiger partial charge in [0.1, 0.15) is 12.4 Å². The van der Waals surface area contributed by atoms with Crippen LogP contribution in [0.2, 0.25) is 0 Å². The lowest BCUT2D eigenvalue weighted by molar-refractivity contribution is 0.181. The Bertz CT molecular complexity index is 914. The number of rotatable bonds is 3.